The molecule has 4 heteroatoms. The Bertz CT molecular complexity index is 4560. The van der Waals surface area contributed by atoms with Gasteiger partial charge in [-0.05, 0) is 134 Å². The Morgan fingerprint density at radius 3 is 1.47 bits per heavy atom. The van der Waals surface area contributed by atoms with Gasteiger partial charge in [-0.2, -0.15) is 0 Å². The quantitative estimate of drug-likeness (QED) is 0.166. The van der Waals surface area contributed by atoms with Crippen molar-refractivity contribution in [1.29, 1.82) is 0 Å². The summed E-state index contributed by atoms with van der Waals surface area (Å²) in [5, 5.41) is 13.4. The lowest BCUT2D eigenvalue weighted by Gasteiger charge is -2.10. The van der Waals surface area contributed by atoms with E-state index in [4.69, 9.17) is 0 Å². The third-order valence-corrected chi connectivity index (χ3v) is 17.6. The summed E-state index contributed by atoms with van der Waals surface area (Å²) >= 11 is 7.24. The van der Waals surface area contributed by atoms with Crippen molar-refractivity contribution >= 4 is 122 Å². The number of hydrogen-bond acceptors (Lipinski definition) is 2. The zero-order valence-corrected chi connectivity index (χ0v) is 42.8. The SMILES string of the molecule is Brc1ccc(-c2ccccc2)cc1.c1ccc(-c2ccc(-n3c4ccccc4c4cc5ccc6c7ccccc7sc6c5cc43)cc2)cc1.c1ccc2c(c1)Cc1cc3c(ccc4c5ccccc5sc34)cc1-2. The molecule has 0 aliphatic heterocycles. The van der Waals surface area contributed by atoms with E-state index in [1.165, 1.54) is 134 Å². The van der Waals surface area contributed by atoms with Crippen molar-refractivity contribution in [2.75, 3.05) is 0 Å². The van der Waals surface area contributed by atoms with E-state index in [1.807, 2.05) is 28.7 Å². The Morgan fingerprint density at radius 1 is 0.315 bits per heavy atom. The molecule has 15 aromatic rings. The number of fused-ring (bicyclic) bond motifs is 16. The van der Waals surface area contributed by atoms with E-state index in [2.05, 4.69) is 269 Å². The van der Waals surface area contributed by atoms with Crippen molar-refractivity contribution in [2.24, 2.45) is 0 Å². The predicted molar refractivity (Wildman–Crippen MR) is 321 cm³/mol. The molecular formula is C69H44BrNS2. The van der Waals surface area contributed by atoms with Crippen LogP contribution in [-0.2, 0) is 6.42 Å². The van der Waals surface area contributed by atoms with E-state index in [9.17, 15) is 0 Å². The maximum absolute atomic E-state index is 3.42. The van der Waals surface area contributed by atoms with Gasteiger partial charge in [-0.25, -0.2) is 0 Å². The summed E-state index contributed by atoms with van der Waals surface area (Å²) in [4.78, 5) is 0. The maximum Gasteiger partial charge on any atom is 0.0547 e. The molecule has 12 aromatic carbocycles. The van der Waals surface area contributed by atoms with Gasteiger partial charge in [0.25, 0.3) is 0 Å². The van der Waals surface area contributed by atoms with E-state index in [1.54, 1.807) is 0 Å². The van der Waals surface area contributed by atoms with Crippen LogP contribution in [0.15, 0.2) is 259 Å². The van der Waals surface area contributed by atoms with Crippen LogP contribution < -0.4 is 0 Å². The van der Waals surface area contributed by atoms with Gasteiger partial charge in [-0.3, -0.25) is 0 Å². The summed E-state index contributed by atoms with van der Waals surface area (Å²) in [6, 6.07) is 92.1. The molecule has 0 saturated carbocycles. The average Bonchev–Trinajstić information content (AvgIpc) is 4.22. The van der Waals surface area contributed by atoms with Crippen LogP contribution >= 0.6 is 38.6 Å². The van der Waals surface area contributed by atoms with Gasteiger partial charge < -0.3 is 4.57 Å². The van der Waals surface area contributed by atoms with E-state index in [0.29, 0.717) is 0 Å². The number of rotatable bonds is 3. The van der Waals surface area contributed by atoms with Crippen LogP contribution in [-0.4, -0.2) is 4.57 Å². The summed E-state index contributed by atoms with van der Waals surface area (Å²) in [6.07, 6.45) is 1.06. The van der Waals surface area contributed by atoms with Gasteiger partial charge in [0.15, 0.2) is 0 Å². The topological polar surface area (TPSA) is 4.93 Å². The fourth-order valence-corrected chi connectivity index (χ4v) is 13.8. The lowest BCUT2D eigenvalue weighted by atomic mass is 9.99. The first-order valence-electron chi connectivity index (χ1n) is 24.8. The molecule has 0 saturated heterocycles. The molecule has 1 nitrogen and oxygen atoms in total. The molecule has 1 aliphatic carbocycles. The second-order valence-electron chi connectivity index (χ2n) is 18.9. The minimum absolute atomic E-state index is 1.06. The molecule has 0 amide bonds. The van der Waals surface area contributed by atoms with Crippen LogP contribution in [0.25, 0.3) is 123 Å². The highest BCUT2D eigenvalue weighted by atomic mass is 79.9. The molecule has 16 rings (SSSR count). The summed E-state index contributed by atoms with van der Waals surface area (Å²) < 4.78 is 9.05. The van der Waals surface area contributed by atoms with Crippen LogP contribution in [0.2, 0.25) is 0 Å². The first-order chi connectivity index (χ1) is 36.1. The standard InChI is InChI=1S/C34H21NS.C23H14S.C12H9Br/c1-2-8-22(9-3-1)23-14-17-25(18-15-23)35-31-12-6-4-10-26(31)30-20-24-16-19-28-27-11-5-7-13-33(27)36-34(28)29(24)21-32(30)35;1-2-6-17-14(5-1)11-16-13-21-15(12-20(16)17)9-10-19-18-7-3-4-8-22(18)24-23(19)21;13-12-8-6-11(7-9-12)10-4-2-1-3-5-10/h1-21H;1-10,12-13H,11H2;1-9H. The van der Waals surface area contributed by atoms with Gasteiger partial charge in [-0.1, -0.05) is 204 Å². The number of nitrogens with zero attached hydrogens (tertiary/aromatic N) is 1. The van der Waals surface area contributed by atoms with Gasteiger partial charge in [0, 0.05) is 66.7 Å². The second-order valence-corrected chi connectivity index (χ2v) is 21.9. The number of halogens is 1. The van der Waals surface area contributed by atoms with Gasteiger partial charge in [0.05, 0.1) is 11.0 Å². The fourth-order valence-electron chi connectivity index (χ4n) is 11.1. The van der Waals surface area contributed by atoms with Crippen LogP contribution in [0.5, 0.6) is 0 Å². The first kappa shape index (κ1) is 43.7. The minimum atomic E-state index is 1.06. The highest BCUT2D eigenvalue weighted by molar-refractivity contribution is 9.10. The average molecular weight is 1030 g/mol. The Labute approximate surface area is 439 Å². The van der Waals surface area contributed by atoms with E-state index in [0.717, 1.165) is 10.9 Å². The Kier molecular flexibility index (Phi) is 10.9. The summed E-state index contributed by atoms with van der Waals surface area (Å²) in [6.45, 7) is 0. The molecule has 0 bridgehead atoms. The Morgan fingerprint density at radius 2 is 0.822 bits per heavy atom. The third-order valence-electron chi connectivity index (χ3n) is 14.6. The van der Waals surface area contributed by atoms with Crippen LogP contribution in [0.4, 0.5) is 0 Å². The normalized spacial score (nSPS) is 11.8. The molecule has 3 heterocycles. The van der Waals surface area contributed by atoms with E-state index >= 15 is 0 Å². The Hall–Kier alpha value is -8.12. The zero-order chi connectivity index (χ0) is 48.4. The van der Waals surface area contributed by atoms with Crippen molar-refractivity contribution in [3.05, 3.63) is 270 Å². The van der Waals surface area contributed by atoms with Crippen LogP contribution in [0.3, 0.4) is 0 Å². The molecule has 3 aromatic heterocycles. The third kappa shape index (κ3) is 7.73. The number of benzene rings is 12. The number of hydrogen-bond donors (Lipinski definition) is 0. The lowest BCUT2D eigenvalue weighted by Crippen LogP contribution is -1.93. The number of para-hydroxylation sites is 1. The van der Waals surface area contributed by atoms with Crippen molar-refractivity contribution < 1.29 is 0 Å². The van der Waals surface area contributed by atoms with Gasteiger partial charge in [-0.15, -0.1) is 22.7 Å². The summed E-state index contributed by atoms with van der Waals surface area (Å²) in [7, 11) is 0. The highest BCUT2D eigenvalue weighted by Gasteiger charge is 2.20. The largest absolute Gasteiger partial charge is 0.309 e. The number of thiophene rings is 2. The highest BCUT2D eigenvalue weighted by Crippen LogP contribution is 2.45. The van der Waals surface area contributed by atoms with Crippen molar-refractivity contribution in [2.45, 2.75) is 6.42 Å². The smallest absolute Gasteiger partial charge is 0.0547 e. The van der Waals surface area contributed by atoms with Crippen molar-refractivity contribution in [1.82, 2.24) is 4.57 Å². The maximum atomic E-state index is 3.42. The molecule has 1 aliphatic rings. The lowest BCUT2D eigenvalue weighted by molar-refractivity contribution is 1.18. The number of aromatic nitrogens is 1. The molecule has 73 heavy (non-hydrogen) atoms. The fraction of sp³-hybridized carbons (Fsp3) is 0.0145. The molecular weight excluding hydrogens is 987 g/mol. The molecule has 0 unspecified atom stereocenters. The summed E-state index contributed by atoms with van der Waals surface area (Å²) in [5.41, 5.74) is 14.4. The van der Waals surface area contributed by atoms with Crippen LogP contribution in [0.1, 0.15) is 11.1 Å². The second kappa shape index (κ2) is 18.2. The summed E-state index contributed by atoms with van der Waals surface area (Å²) in [5.74, 6) is 0. The molecule has 0 atom stereocenters. The van der Waals surface area contributed by atoms with Gasteiger partial charge in [0.1, 0.15) is 0 Å². The first-order valence-corrected chi connectivity index (χ1v) is 27.2. The van der Waals surface area contributed by atoms with Gasteiger partial charge >= 0.3 is 0 Å². The Balaban J connectivity index is 0.000000114. The van der Waals surface area contributed by atoms with Crippen LogP contribution in [0, 0.1) is 0 Å². The van der Waals surface area contributed by atoms with Gasteiger partial charge in [0.2, 0.25) is 0 Å². The van der Waals surface area contributed by atoms with Crippen molar-refractivity contribution in [3.63, 3.8) is 0 Å². The zero-order valence-electron chi connectivity index (χ0n) is 39.6. The van der Waals surface area contributed by atoms with Crippen molar-refractivity contribution in [3.8, 4) is 39.1 Å². The molecule has 0 fully saturated rings. The van der Waals surface area contributed by atoms with E-state index < -0.39 is 0 Å². The monoisotopic (exact) mass is 1030 g/mol. The molecule has 0 N–H and O–H groups in total. The molecule has 0 radical (unpaired) electrons. The predicted octanol–water partition coefficient (Wildman–Crippen LogP) is 20.9. The molecule has 344 valence electrons. The van der Waals surface area contributed by atoms with E-state index in [-0.39, 0.29) is 0 Å². The molecule has 0 spiro atoms. The minimum Gasteiger partial charge on any atom is -0.309 e.